The molecule has 0 aromatic carbocycles. The van der Waals surface area contributed by atoms with Gasteiger partial charge in [-0.2, -0.15) is 0 Å². The Bertz CT molecular complexity index is 446. The van der Waals surface area contributed by atoms with E-state index in [-0.39, 0.29) is 0 Å². The monoisotopic (exact) mass is 277 g/mol. The van der Waals surface area contributed by atoms with Gasteiger partial charge in [0.25, 0.3) is 0 Å². The van der Waals surface area contributed by atoms with Crippen molar-refractivity contribution in [2.24, 2.45) is 0 Å². The molecule has 0 saturated carbocycles. The molecule has 1 saturated heterocycles. The first kappa shape index (κ1) is 15.0. The van der Waals surface area contributed by atoms with Crippen LogP contribution in [0.5, 0.6) is 0 Å². The van der Waals surface area contributed by atoms with Crippen LogP contribution in [-0.2, 0) is 0 Å². The summed E-state index contributed by atoms with van der Waals surface area (Å²) in [4.78, 5) is 11.5. The quantitative estimate of drug-likeness (QED) is 0.865. The van der Waals surface area contributed by atoms with E-state index in [4.69, 9.17) is 0 Å². The maximum atomic E-state index is 4.58. The lowest BCUT2D eigenvalue weighted by Gasteiger charge is -2.31. The Morgan fingerprint density at radius 1 is 1.25 bits per heavy atom. The lowest BCUT2D eigenvalue weighted by Crippen LogP contribution is -2.40. The van der Waals surface area contributed by atoms with E-state index in [9.17, 15) is 0 Å². The number of rotatable bonds is 5. The number of hydrogen-bond donors (Lipinski definition) is 2. The second-order valence-electron chi connectivity index (χ2n) is 5.77. The number of hydrogen-bond acceptors (Lipinski definition) is 5. The number of piperidine rings is 1. The van der Waals surface area contributed by atoms with Crippen molar-refractivity contribution in [3.63, 3.8) is 0 Å². The molecule has 1 aliphatic heterocycles. The number of likely N-dealkylation sites (N-methyl/N-ethyl adjacent to an activating group) is 1. The molecule has 1 aromatic rings. The van der Waals surface area contributed by atoms with Crippen LogP contribution in [0.4, 0.5) is 11.6 Å². The molecule has 2 N–H and O–H groups in total. The zero-order valence-corrected chi connectivity index (χ0v) is 13.2. The standard InChI is InChI=1S/C15H27N5/c1-5-8-16-14-11(2)15(18-12(3)17-14)19-13-7-6-9-20(4)10-13/h13H,5-10H2,1-4H3,(H2,16,17,18,19). The van der Waals surface area contributed by atoms with Gasteiger partial charge in [-0.15, -0.1) is 0 Å². The van der Waals surface area contributed by atoms with Crippen LogP contribution >= 0.6 is 0 Å². The Labute approximate surface area is 122 Å². The minimum absolute atomic E-state index is 0.487. The third kappa shape index (κ3) is 3.82. The van der Waals surface area contributed by atoms with E-state index < -0.39 is 0 Å². The Morgan fingerprint density at radius 3 is 2.70 bits per heavy atom. The summed E-state index contributed by atoms with van der Waals surface area (Å²) in [5, 5.41) is 6.99. The van der Waals surface area contributed by atoms with Crippen molar-refractivity contribution in [3.05, 3.63) is 11.4 Å². The van der Waals surface area contributed by atoms with Crippen LogP contribution in [0, 0.1) is 13.8 Å². The molecule has 0 bridgehead atoms. The maximum absolute atomic E-state index is 4.58. The molecule has 1 unspecified atom stereocenters. The summed E-state index contributed by atoms with van der Waals surface area (Å²) in [6, 6.07) is 0.487. The van der Waals surface area contributed by atoms with Gasteiger partial charge >= 0.3 is 0 Å². The molecule has 0 spiro atoms. The molecule has 112 valence electrons. The smallest absolute Gasteiger partial charge is 0.135 e. The highest BCUT2D eigenvalue weighted by atomic mass is 15.2. The van der Waals surface area contributed by atoms with Gasteiger partial charge < -0.3 is 15.5 Å². The molecule has 20 heavy (non-hydrogen) atoms. The largest absolute Gasteiger partial charge is 0.370 e. The fourth-order valence-electron chi connectivity index (χ4n) is 2.66. The molecule has 1 atom stereocenters. The van der Waals surface area contributed by atoms with E-state index in [1.165, 1.54) is 19.4 Å². The number of aromatic nitrogens is 2. The van der Waals surface area contributed by atoms with Crippen molar-refractivity contribution in [2.45, 2.75) is 46.1 Å². The molecule has 2 heterocycles. The summed E-state index contributed by atoms with van der Waals surface area (Å²) in [5.41, 5.74) is 1.12. The Morgan fingerprint density at radius 2 is 2.00 bits per heavy atom. The third-order valence-electron chi connectivity index (χ3n) is 3.77. The molecule has 0 radical (unpaired) electrons. The van der Waals surface area contributed by atoms with Crippen LogP contribution in [0.1, 0.15) is 37.6 Å². The molecule has 5 heteroatoms. The molecular weight excluding hydrogens is 250 g/mol. The number of nitrogens with zero attached hydrogens (tertiary/aromatic N) is 3. The maximum Gasteiger partial charge on any atom is 0.135 e. The Hall–Kier alpha value is -1.36. The molecular formula is C15H27N5. The van der Waals surface area contributed by atoms with Crippen molar-refractivity contribution in [3.8, 4) is 0 Å². The molecule has 0 aliphatic carbocycles. The second kappa shape index (κ2) is 6.88. The van der Waals surface area contributed by atoms with Gasteiger partial charge in [-0.3, -0.25) is 0 Å². The van der Waals surface area contributed by atoms with Crippen LogP contribution in [0.15, 0.2) is 0 Å². The zero-order chi connectivity index (χ0) is 14.5. The van der Waals surface area contributed by atoms with Gasteiger partial charge in [0.1, 0.15) is 17.5 Å². The Balaban J connectivity index is 2.11. The number of likely N-dealkylation sites (tertiary alicyclic amines) is 1. The van der Waals surface area contributed by atoms with Gasteiger partial charge in [0, 0.05) is 24.7 Å². The lowest BCUT2D eigenvalue weighted by molar-refractivity contribution is 0.260. The average molecular weight is 277 g/mol. The van der Waals surface area contributed by atoms with Crippen molar-refractivity contribution < 1.29 is 0 Å². The van der Waals surface area contributed by atoms with Gasteiger partial charge in [0.05, 0.1) is 0 Å². The zero-order valence-electron chi connectivity index (χ0n) is 13.2. The van der Waals surface area contributed by atoms with E-state index in [0.717, 1.165) is 42.5 Å². The summed E-state index contributed by atoms with van der Waals surface area (Å²) < 4.78 is 0. The predicted octanol–water partition coefficient (Wildman–Crippen LogP) is 2.42. The summed E-state index contributed by atoms with van der Waals surface area (Å²) in [7, 11) is 2.18. The van der Waals surface area contributed by atoms with E-state index in [0.29, 0.717) is 6.04 Å². The third-order valence-corrected chi connectivity index (χ3v) is 3.77. The molecule has 1 aromatic heterocycles. The molecule has 1 aliphatic rings. The number of nitrogens with one attached hydrogen (secondary N) is 2. The van der Waals surface area contributed by atoms with E-state index in [1.807, 2.05) is 6.92 Å². The van der Waals surface area contributed by atoms with E-state index in [1.54, 1.807) is 0 Å². The van der Waals surface area contributed by atoms with Gasteiger partial charge in [-0.25, -0.2) is 9.97 Å². The van der Waals surface area contributed by atoms with Crippen molar-refractivity contribution in [1.82, 2.24) is 14.9 Å². The summed E-state index contributed by atoms with van der Waals surface area (Å²) in [5.74, 6) is 2.77. The minimum Gasteiger partial charge on any atom is -0.370 e. The fraction of sp³-hybridized carbons (Fsp3) is 0.733. The Kier molecular flexibility index (Phi) is 5.17. The highest BCUT2D eigenvalue weighted by Gasteiger charge is 2.19. The van der Waals surface area contributed by atoms with Crippen LogP contribution in [0.3, 0.4) is 0 Å². The topological polar surface area (TPSA) is 53.1 Å². The fourth-order valence-corrected chi connectivity index (χ4v) is 2.66. The van der Waals surface area contributed by atoms with Crippen LogP contribution < -0.4 is 10.6 Å². The van der Waals surface area contributed by atoms with Gasteiger partial charge in [0.15, 0.2) is 0 Å². The van der Waals surface area contributed by atoms with Crippen molar-refractivity contribution >= 4 is 11.6 Å². The van der Waals surface area contributed by atoms with E-state index >= 15 is 0 Å². The normalized spacial score (nSPS) is 19.9. The first-order valence-corrected chi connectivity index (χ1v) is 7.64. The first-order valence-electron chi connectivity index (χ1n) is 7.64. The molecule has 0 amide bonds. The number of anilines is 2. The molecule has 5 nitrogen and oxygen atoms in total. The highest BCUT2D eigenvalue weighted by molar-refractivity contribution is 5.57. The summed E-state index contributed by atoms with van der Waals surface area (Å²) in [6.45, 7) is 9.43. The van der Waals surface area contributed by atoms with Crippen molar-refractivity contribution in [2.75, 3.05) is 37.3 Å². The average Bonchev–Trinajstić information content (AvgIpc) is 2.41. The van der Waals surface area contributed by atoms with E-state index in [2.05, 4.69) is 46.4 Å². The van der Waals surface area contributed by atoms with Crippen LogP contribution in [0.2, 0.25) is 0 Å². The summed E-state index contributed by atoms with van der Waals surface area (Å²) >= 11 is 0. The SMILES string of the molecule is CCCNc1nc(C)nc(NC2CCCN(C)C2)c1C. The summed E-state index contributed by atoms with van der Waals surface area (Å²) in [6.07, 6.45) is 3.56. The molecule has 1 fully saturated rings. The van der Waals surface area contributed by atoms with Crippen molar-refractivity contribution in [1.29, 1.82) is 0 Å². The van der Waals surface area contributed by atoms with Gasteiger partial charge in [0.2, 0.25) is 0 Å². The first-order chi connectivity index (χ1) is 9.60. The van der Waals surface area contributed by atoms with Crippen LogP contribution in [0.25, 0.3) is 0 Å². The molecule has 2 rings (SSSR count). The number of aryl methyl sites for hydroxylation is 1. The van der Waals surface area contributed by atoms with Gasteiger partial charge in [-0.1, -0.05) is 6.92 Å². The lowest BCUT2D eigenvalue weighted by atomic mass is 10.1. The van der Waals surface area contributed by atoms with Gasteiger partial charge in [-0.05, 0) is 46.7 Å². The minimum atomic E-state index is 0.487. The second-order valence-corrected chi connectivity index (χ2v) is 5.77. The highest BCUT2D eigenvalue weighted by Crippen LogP contribution is 2.22. The van der Waals surface area contributed by atoms with Crippen LogP contribution in [-0.4, -0.2) is 47.6 Å². The predicted molar refractivity (Wildman–Crippen MR) is 84.4 cm³/mol.